The van der Waals surface area contributed by atoms with Gasteiger partial charge in [0.2, 0.25) is 0 Å². The van der Waals surface area contributed by atoms with Gasteiger partial charge in [0.05, 0.1) is 44.9 Å². The maximum Gasteiger partial charge on any atom is 0.309 e. The second-order valence-electron chi connectivity index (χ2n) is 4.90. The Balaban J connectivity index is 2.32. The molecule has 0 aliphatic heterocycles. The van der Waals surface area contributed by atoms with Crippen LogP contribution in [0.1, 0.15) is 17.5 Å². The number of benzene rings is 1. The van der Waals surface area contributed by atoms with Gasteiger partial charge in [-0.3, -0.25) is 14.7 Å². The number of aliphatic hydroxyl groups is 1. The second-order valence-corrected chi connectivity index (χ2v) is 4.90. The molecule has 7 heteroatoms. The Kier molecular flexibility index (Phi) is 5.11. The number of aromatic amines is 1. The number of aromatic nitrogens is 2. The molecule has 0 bridgehead atoms. The Morgan fingerprint density at radius 3 is 2.73 bits per heavy atom. The lowest BCUT2D eigenvalue weighted by molar-refractivity contribution is -0.152. The summed E-state index contributed by atoms with van der Waals surface area (Å²) in [6.07, 6.45) is 1.83. The summed E-state index contributed by atoms with van der Waals surface area (Å²) in [6, 6.07) is 3.63. The number of esters is 2. The van der Waals surface area contributed by atoms with Gasteiger partial charge in [-0.2, -0.15) is 5.10 Å². The van der Waals surface area contributed by atoms with E-state index in [1.54, 1.807) is 12.3 Å². The normalized spacial score (nSPS) is 12.1. The zero-order valence-corrected chi connectivity index (χ0v) is 12.5. The molecule has 0 saturated carbocycles. The molecule has 2 N–H and O–H groups in total. The van der Waals surface area contributed by atoms with Gasteiger partial charge in [-0.25, -0.2) is 0 Å². The molecule has 118 valence electrons. The summed E-state index contributed by atoms with van der Waals surface area (Å²) in [5, 5.41) is 17.2. The zero-order valence-electron chi connectivity index (χ0n) is 12.5. The minimum absolute atomic E-state index is 0.0720. The highest BCUT2D eigenvalue weighted by Crippen LogP contribution is 2.24. The highest BCUT2D eigenvalue weighted by atomic mass is 16.5. The average molecular weight is 306 g/mol. The predicted octanol–water partition coefficient (Wildman–Crippen LogP) is 0.950. The van der Waals surface area contributed by atoms with Crippen LogP contribution in [0.2, 0.25) is 0 Å². The van der Waals surface area contributed by atoms with Crippen molar-refractivity contribution in [1.82, 2.24) is 10.2 Å². The van der Waals surface area contributed by atoms with Gasteiger partial charge in [0, 0.05) is 5.39 Å². The van der Waals surface area contributed by atoms with E-state index in [-0.39, 0.29) is 19.4 Å². The van der Waals surface area contributed by atoms with Crippen LogP contribution in [0.25, 0.3) is 10.9 Å². The molecule has 0 aliphatic carbocycles. The van der Waals surface area contributed by atoms with Crippen LogP contribution in [0.15, 0.2) is 18.3 Å². The number of methoxy groups -OCH3 is 2. The van der Waals surface area contributed by atoms with Crippen molar-refractivity contribution in [2.24, 2.45) is 5.92 Å². The lowest BCUT2D eigenvalue weighted by Gasteiger charge is -2.16. The van der Waals surface area contributed by atoms with Crippen molar-refractivity contribution in [1.29, 1.82) is 0 Å². The van der Waals surface area contributed by atoms with Crippen molar-refractivity contribution in [3.05, 3.63) is 29.5 Å². The number of H-pyrrole nitrogens is 1. The molecule has 22 heavy (non-hydrogen) atoms. The predicted molar refractivity (Wildman–Crippen MR) is 77.9 cm³/mol. The van der Waals surface area contributed by atoms with Gasteiger partial charge in [-0.15, -0.1) is 0 Å². The second kappa shape index (κ2) is 7.04. The Morgan fingerprint density at radius 2 is 2.09 bits per heavy atom. The third kappa shape index (κ3) is 3.25. The van der Waals surface area contributed by atoms with Crippen LogP contribution in [0.4, 0.5) is 0 Å². The van der Waals surface area contributed by atoms with Crippen molar-refractivity contribution in [2.45, 2.75) is 19.4 Å². The quantitative estimate of drug-likeness (QED) is 0.771. The topological polar surface area (TPSA) is 102 Å². The van der Waals surface area contributed by atoms with Gasteiger partial charge in [-0.1, -0.05) is 6.07 Å². The lowest BCUT2D eigenvalue weighted by Crippen LogP contribution is -2.23. The molecule has 0 fully saturated rings. The maximum atomic E-state index is 11.9. The number of rotatable bonds is 6. The summed E-state index contributed by atoms with van der Waals surface area (Å²) >= 11 is 0. The number of hydrogen-bond donors (Lipinski definition) is 2. The van der Waals surface area contributed by atoms with Crippen molar-refractivity contribution in [2.75, 3.05) is 14.2 Å². The molecule has 1 heterocycles. The van der Waals surface area contributed by atoms with Gasteiger partial charge in [0.25, 0.3) is 0 Å². The molecule has 0 spiro atoms. The van der Waals surface area contributed by atoms with Crippen LogP contribution in [0.5, 0.6) is 0 Å². The summed E-state index contributed by atoms with van der Waals surface area (Å²) < 4.78 is 9.36. The van der Waals surface area contributed by atoms with Gasteiger partial charge >= 0.3 is 11.9 Å². The van der Waals surface area contributed by atoms with E-state index >= 15 is 0 Å². The average Bonchev–Trinajstić information content (AvgIpc) is 3.01. The number of nitrogens with one attached hydrogen (secondary N) is 1. The summed E-state index contributed by atoms with van der Waals surface area (Å²) in [4.78, 5) is 23.3. The van der Waals surface area contributed by atoms with Crippen LogP contribution in [-0.2, 0) is 32.1 Å². The van der Waals surface area contributed by atoms with Crippen LogP contribution in [-0.4, -0.2) is 41.5 Å². The number of carbonyl (C=O) groups is 2. The highest BCUT2D eigenvalue weighted by Gasteiger charge is 2.25. The molecule has 0 saturated heterocycles. The Morgan fingerprint density at radius 1 is 1.32 bits per heavy atom. The molecule has 0 aliphatic rings. The van der Waals surface area contributed by atoms with Crippen molar-refractivity contribution >= 4 is 22.8 Å². The monoisotopic (exact) mass is 306 g/mol. The first-order chi connectivity index (χ1) is 10.6. The number of carbonyl (C=O) groups excluding carboxylic acids is 2. The maximum absolute atomic E-state index is 11.9. The Labute approximate surface area is 127 Å². The Bertz CT molecular complexity index is 680. The zero-order chi connectivity index (χ0) is 16.1. The van der Waals surface area contributed by atoms with Gasteiger partial charge in [-0.05, 0) is 23.6 Å². The van der Waals surface area contributed by atoms with E-state index in [0.717, 1.165) is 16.5 Å². The first kappa shape index (κ1) is 16.0. The van der Waals surface area contributed by atoms with Crippen molar-refractivity contribution in [3.63, 3.8) is 0 Å². The third-order valence-electron chi connectivity index (χ3n) is 3.63. The van der Waals surface area contributed by atoms with E-state index in [2.05, 4.69) is 14.9 Å². The number of fused-ring (bicyclic) bond motifs is 1. The third-order valence-corrected chi connectivity index (χ3v) is 3.63. The van der Waals surface area contributed by atoms with E-state index in [0.29, 0.717) is 5.56 Å². The first-order valence-corrected chi connectivity index (χ1v) is 6.80. The molecule has 7 nitrogen and oxygen atoms in total. The Hall–Kier alpha value is -2.41. The molecule has 0 amide bonds. The molecule has 0 radical (unpaired) electrons. The number of hydrogen-bond acceptors (Lipinski definition) is 6. The first-order valence-electron chi connectivity index (χ1n) is 6.80. The smallest absolute Gasteiger partial charge is 0.309 e. The molecule has 1 aromatic heterocycles. The van der Waals surface area contributed by atoms with E-state index in [1.165, 1.54) is 14.2 Å². The fourth-order valence-electron chi connectivity index (χ4n) is 2.45. The highest BCUT2D eigenvalue weighted by molar-refractivity contribution is 5.84. The molecule has 2 aromatic rings. The van der Waals surface area contributed by atoms with Crippen molar-refractivity contribution < 1.29 is 24.2 Å². The largest absolute Gasteiger partial charge is 0.469 e. The molecule has 1 atom stereocenters. The fraction of sp³-hybridized carbons (Fsp3) is 0.400. The lowest BCUT2D eigenvalue weighted by atomic mass is 9.92. The number of nitrogens with zero attached hydrogens (tertiary/aromatic N) is 1. The molecule has 2 rings (SSSR count). The van der Waals surface area contributed by atoms with Crippen LogP contribution < -0.4 is 0 Å². The minimum Gasteiger partial charge on any atom is -0.469 e. The van der Waals surface area contributed by atoms with Crippen LogP contribution in [0.3, 0.4) is 0 Å². The van der Waals surface area contributed by atoms with Crippen molar-refractivity contribution in [3.8, 4) is 0 Å². The van der Waals surface area contributed by atoms with Gasteiger partial charge < -0.3 is 14.6 Å². The van der Waals surface area contributed by atoms with Crippen LogP contribution >= 0.6 is 0 Å². The van der Waals surface area contributed by atoms with Crippen LogP contribution in [0, 0.1) is 5.92 Å². The molecule has 0 unspecified atom stereocenters. The SMILES string of the molecule is COC(=O)C[C@@H](Cc1ccc2[nH]ncc2c1CO)C(=O)OC. The molecular formula is C15H18N2O5. The number of aliphatic hydroxyl groups excluding tert-OH is 1. The van der Waals surface area contributed by atoms with E-state index in [9.17, 15) is 14.7 Å². The number of ether oxygens (including phenoxy) is 2. The van der Waals surface area contributed by atoms with E-state index in [4.69, 9.17) is 4.74 Å². The minimum atomic E-state index is -0.660. The van der Waals surface area contributed by atoms with E-state index in [1.807, 2.05) is 6.07 Å². The summed E-state index contributed by atoms with van der Waals surface area (Å²) in [6.45, 7) is -0.182. The summed E-state index contributed by atoms with van der Waals surface area (Å²) in [5.41, 5.74) is 2.26. The molecule has 1 aromatic carbocycles. The summed E-state index contributed by atoms with van der Waals surface area (Å²) in [7, 11) is 2.55. The fourth-order valence-corrected chi connectivity index (χ4v) is 2.45. The summed E-state index contributed by atoms with van der Waals surface area (Å²) in [5.74, 6) is -1.63. The van der Waals surface area contributed by atoms with Gasteiger partial charge in [0.1, 0.15) is 0 Å². The van der Waals surface area contributed by atoms with E-state index < -0.39 is 17.9 Å². The standard InChI is InChI=1S/C15H18N2O5/c1-21-14(19)6-10(15(20)22-2)5-9-3-4-13-11(7-16-17-13)12(9)8-18/h3-4,7,10,18H,5-6,8H2,1-2H3,(H,16,17)/t10-/m1/s1. The molecular weight excluding hydrogens is 288 g/mol. The van der Waals surface area contributed by atoms with Gasteiger partial charge in [0.15, 0.2) is 0 Å².